The molecule has 0 bridgehead atoms. The van der Waals surface area contributed by atoms with E-state index in [0.717, 1.165) is 12.8 Å². The Bertz CT molecular complexity index is 130. The minimum absolute atomic E-state index is 0.0905. The highest BCUT2D eigenvalue weighted by atomic mass is 32.2. The molecule has 12 heavy (non-hydrogen) atoms. The number of hydrogen-bond donors (Lipinski definition) is 1. The van der Waals surface area contributed by atoms with Gasteiger partial charge in [-0.05, 0) is 6.42 Å². The minimum atomic E-state index is -0.801. The van der Waals surface area contributed by atoms with Crippen molar-refractivity contribution in [2.75, 3.05) is 25.2 Å². The summed E-state index contributed by atoms with van der Waals surface area (Å²) in [6.45, 7) is 2.64. The van der Waals surface area contributed by atoms with E-state index in [1.807, 2.05) is 0 Å². The summed E-state index contributed by atoms with van der Waals surface area (Å²) in [5.41, 5.74) is 5.72. The molecule has 0 saturated heterocycles. The van der Waals surface area contributed by atoms with Crippen molar-refractivity contribution in [2.45, 2.75) is 25.8 Å². The molecule has 0 aliphatic rings. The van der Waals surface area contributed by atoms with Gasteiger partial charge in [-0.2, -0.15) is 0 Å². The van der Waals surface area contributed by atoms with Crippen LogP contribution in [0.4, 0.5) is 0 Å². The molecule has 0 aliphatic heterocycles. The van der Waals surface area contributed by atoms with E-state index in [4.69, 9.17) is 10.5 Å². The standard InChI is InChI=1S/C8H19NO2S/c1-3-4-8(9)7-12(10)6-5-11-2/h8H,3-7,9H2,1-2H3. The summed E-state index contributed by atoms with van der Waals surface area (Å²) < 4.78 is 16.1. The summed E-state index contributed by atoms with van der Waals surface area (Å²) in [6, 6.07) is 0.0905. The number of methoxy groups -OCH3 is 1. The lowest BCUT2D eigenvalue weighted by atomic mass is 10.2. The van der Waals surface area contributed by atoms with Crippen LogP contribution in [0.25, 0.3) is 0 Å². The third kappa shape index (κ3) is 6.76. The largest absolute Gasteiger partial charge is 0.384 e. The second-order valence-corrected chi connectivity index (χ2v) is 4.47. The van der Waals surface area contributed by atoms with E-state index in [0.29, 0.717) is 18.1 Å². The van der Waals surface area contributed by atoms with Gasteiger partial charge >= 0.3 is 0 Å². The Balaban J connectivity index is 3.40. The summed E-state index contributed by atoms with van der Waals surface area (Å²) >= 11 is 0. The average molecular weight is 193 g/mol. The van der Waals surface area contributed by atoms with Gasteiger partial charge in [0.15, 0.2) is 0 Å². The van der Waals surface area contributed by atoms with E-state index in [-0.39, 0.29) is 6.04 Å². The lowest BCUT2D eigenvalue weighted by Crippen LogP contribution is -2.28. The molecular weight excluding hydrogens is 174 g/mol. The Morgan fingerprint density at radius 3 is 2.75 bits per heavy atom. The van der Waals surface area contributed by atoms with Crippen LogP contribution in [0.1, 0.15) is 19.8 Å². The van der Waals surface area contributed by atoms with Crippen LogP contribution < -0.4 is 5.73 Å². The Kier molecular flexibility index (Phi) is 7.75. The fourth-order valence-electron chi connectivity index (χ4n) is 0.953. The van der Waals surface area contributed by atoms with Crippen molar-refractivity contribution < 1.29 is 8.95 Å². The maximum absolute atomic E-state index is 11.2. The fraction of sp³-hybridized carbons (Fsp3) is 1.00. The first-order valence-electron chi connectivity index (χ1n) is 4.30. The van der Waals surface area contributed by atoms with Gasteiger partial charge in [-0.1, -0.05) is 13.3 Å². The summed E-state index contributed by atoms with van der Waals surface area (Å²) in [5, 5.41) is 0. The molecule has 4 heteroatoms. The van der Waals surface area contributed by atoms with E-state index in [1.54, 1.807) is 7.11 Å². The summed E-state index contributed by atoms with van der Waals surface area (Å²) in [5.74, 6) is 1.21. The van der Waals surface area contributed by atoms with Crippen LogP contribution in [0.15, 0.2) is 0 Å². The third-order valence-corrected chi connectivity index (χ3v) is 3.00. The molecule has 2 unspecified atom stereocenters. The molecule has 0 rings (SSSR count). The van der Waals surface area contributed by atoms with E-state index in [9.17, 15) is 4.21 Å². The van der Waals surface area contributed by atoms with Crippen LogP contribution >= 0.6 is 0 Å². The van der Waals surface area contributed by atoms with Gasteiger partial charge in [0, 0.05) is 35.5 Å². The van der Waals surface area contributed by atoms with Crippen molar-refractivity contribution in [1.29, 1.82) is 0 Å². The van der Waals surface area contributed by atoms with Crippen LogP contribution in [0.5, 0.6) is 0 Å². The second-order valence-electron chi connectivity index (χ2n) is 2.85. The van der Waals surface area contributed by atoms with Crippen LogP contribution in [0.2, 0.25) is 0 Å². The van der Waals surface area contributed by atoms with Gasteiger partial charge in [0.25, 0.3) is 0 Å². The highest BCUT2D eigenvalue weighted by molar-refractivity contribution is 7.85. The smallest absolute Gasteiger partial charge is 0.0577 e. The number of ether oxygens (including phenoxy) is 1. The fourth-order valence-corrected chi connectivity index (χ4v) is 2.12. The summed E-state index contributed by atoms with van der Waals surface area (Å²) in [4.78, 5) is 0. The van der Waals surface area contributed by atoms with Crippen molar-refractivity contribution in [3.63, 3.8) is 0 Å². The maximum atomic E-state index is 11.2. The first kappa shape index (κ1) is 12.1. The molecule has 2 atom stereocenters. The Morgan fingerprint density at radius 1 is 1.58 bits per heavy atom. The molecule has 0 fully saturated rings. The first-order valence-corrected chi connectivity index (χ1v) is 5.79. The predicted molar refractivity (Wildman–Crippen MR) is 52.6 cm³/mol. The molecule has 0 amide bonds. The molecule has 74 valence electrons. The van der Waals surface area contributed by atoms with Gasteiger partial charge in [-0.25, -0.2) is 0 Å². The predicted octanol–water partition coefficient (Wildman–Crippen LogP) is 0.509. The van der Waals surface area contributed by atoms with Gasteiger partial charge in [0.05, 0.1) is 6.61 Å². The number of hydrogen-bond acceptors (Lipinski definition) is 3. The topological polar surface area (TPSA) is 52.3 Å². The van der Waals surface area contributed by atoms with E-state index >= 15 is 0 Å². The second kappa shape index (κ2) is 7.71. The first-order chi connectivity index (χ1) is 5.70. The van der Waals surface area contributed by atoms with E-state index < -0.39 is 10.8 Å². The van der Waals surface area contributed by atoms with Crippen molar-refractivity contribution in [3.05, 3.63) is 0 Å². The highest BCUT2D eigenvalue weighted by Gasteiger charge is 2.06. The highest BCUT2D eigenvalue weighted by Crippen LogP contribution is 1.96. The molecule has 0 radical (unpaired) electrons. The van der Waals surface area contributed by atoms with Crippen LogP contribution in [0, 0.1) is 0 Å². The van der Waals surface area contributed by atoms with E-state index in [2.05, 4.69) is 6.92 Å². The van der Waals surface area contributed by atoms with E-state index in [1.165, 1.54) is 0 Å². The zero-order valence-corrected chi connectivity index (χ0v) is 8.73. The third-order valence-electron chi connectivity index (χ3n) is 1.57. The number of nitrogens with two attached hydrogens (primary N) is 1. The summed E-state index contributed by atoms with van der Waals surface area (Å²) in [7, 11) is 0.813. The van der Waals surface area contributed by atoms with Crippen molar-refractivity contribution in [3.8, 4) is 0 Å². The molecule has 0 aliphatic carbocycles. The Morgan fingerprint density at radius 2 is 2.25 bits per heavy atom. The van der Waals surface area contributed by atoms with Gasteiger partial charge in [0.2, 0.25) is 0 Å². The molecule has 0 heterocycles. The number of rotatable bonds is 7. The van der Waals surface area contributed by atoms with Gasteiger partial charge in [0.1, 0.15) is 0 Å². The average Bonchev–Trinajstić information content (AvgIpc) is 2.01. The zero-order chi connectivity index (χ0) is 9.40. The van der Waals surface area contributed by atoms with Crippen LogP contribution in [0.3, 0.4) is 0 Å². The minimum Gasteiger partial charge on any atom is -0.384 e. The Labute approximate surface area is 77.1 Å². The molecule has 3 nitrogen and oxygen atoms in total. The molecule has 0 aromatic carbocycles. The molecule has 0 aromatic heterocycles. The molecule has 0 saturated carbocycles. The zero-order valence-electron chi connectivity index (χ0n) is 7.91. The molecule has 0 spiro atoms. The van der Waals surface area contributed by atoms with Gasteiger partial charge in [-0.3, -0.25) is 4.21 Å². The SMILES string of the molecule is CCCC(N)CS(=O)CCOC. The van der Waals surface area contributed by atoms with Gasteiger partial charge in [-0.15, -0.1) is 0 Å². The normalized spacial score (nSPS) is 15.9. The molecule has 2 N–H and O–H groups in total. The quantitative estimate of drug-likeness (QED) is 0.641. The lowest BCUT2D eigenvalue weighted by Gasteiger charge is -2.08. The van der Waals surface area contributed by atoms with Crippen molar-refractivity contribution in [1.82, 2.24) is 0 Å². The molecular formula is C8H19NO2S. The monoisotopic (exact) mass is 193 g/mol. The van der Waals surface area contributed by atoms with Crippen molar-refractivity contribution >= 4 is 10.8 Å². The lowest BCUT2D eigenvalue weighted by molar-refractivity contribution is 0.218. The summed E-state index contributed by atoms with van der Waals surface area (Å²) in [6.07, 6.45) is 2.02. The van der Waals surface area contributed by atoms with Crippen molar-refractivity contribution in [2.24, 2.45) is 5.73 Å². The maximum Gasteiger partial charge on any atom is 0.0577 e. The van der Waals surface area contributed by atoms with Crippen LogP contribution in [-0.2, 0) is 15.5 Å². The van der Waals surface area contributed by atoms with Gasteiger partial charge < -0.3 is 10.5 Å². The van der Waals surface area contributed by atoms with Crippen LogP contribution in [-0.4, -0.2) is 35.5 Å². The Hall–Kier alpha value is 0.0700. The molecule has 0 aromatic rings.